The third-order valence-electron chi connectivity index (χ3n) is 10.7. The average Bonchev–Trinajstić information content (AvgIpc) is 3.23. The minimum Gasteiger partial charge on any atom is -0.496 e. The highest BCUT2D eigenvalue weighted by Crippen LogP contribution is 2.29. The number of nitrogens with two attached hydrogens (primary N) is 1. The first-order chi connectivity index (χ1) is 29.5. The number of alkyl carbamates (subject to hydrolysis) is 1. The van der Waals surface area contributed by atoms with E-state index in [0.29, 0.717) is 55.4 Å². The van der Waals surface area contributed by atoms with Crippen LogP contribution in [0.5, 0.6) is 5.75 Å². The number of carboxylic acids is 1. The summed E-state index contributed by atoms with van der Waals surface area (Å²) in [4.78, 5) is 81.3. The number of unbranched alkanes of at least 4 members (excludes halogenated alkanes) is 2. The third kappa shape index (κ3) is 14.6. The number of methoxy groups -OCH3 is 1. The number of likely N-dealkylation sites (N-methyl/N-ethyl adjacent to an activating group) is 1. The number of benzene rings is 3. The molecule has 0 radical (unpaired) electrons. The number of fused-ring (bicyclic) bond motifs is 2. The molecule has 0 saturated carbocycles. The number of rotatable bonds is 15. The number of ether oxygens (including phenoxy) is 2. The maximum absolute atomic E-state index is 14.7. The normalized spacial score (nSPS) is 17.8. The molecule has 336 valence electrons. The second-order valence-electron chi connectivity index (χ2n) is 16.7. The van der Waals surface area contributed by atoms with Crippen LogP contribution >= 0.6 is 0 Å². The van der Waals surface area contributed by atoms with Crippen molar-refractivity contribution in [2.75, 3.05) is 20.7 Å². The van der Waals surface area contributed by atoms with E-state index in [-0.39, 0.29) is 19.4 Å². The molecule has 0 aliphatic carbocycles. The highest BCUT2D eigenvalue weighted by molar-refractivity contribution is 5.99. The lowest BCUT2D eigenvalue weighted by molar-refractivity contribution is -0.143. The number of carbonyl (C=O) groups excluding carboxylic acids is 5. The van der Waals surface area contributed by atoms with E-state index in [4.69, 9.17) is 15.2 Å². The van der Waals surface area contributed by atoms with Gasteiger partial charge in [-0.25, -0.2) is 9.59 Å². The molecule has 62 heavy (non-hydrogen) atoms. The number of carbonyl (C=O) groups is 6. The van der Waals surface area contributed by atoms with Gasteiger partial charge in [-0.15, -0.1) is 0 Å². The van der Waals surface area contributed by atoms with Crippen molar-refractivity contribution < 1.29 is 43.3 Å². The third-order valence-corrected chi connectivity index (χ3v) is 10.7. The standard InChI is InChI=1S/C47H64N6O9/c1-7-8-14-30-18-20-31(21-19-30)32-22-24-33(25-23-32)41(54)50-36(16-12-13-28-49-46(60)62-47(2,3)4)44(57)53(5)39-35-26-27-38(61-6)34(29-35)15-10-9-11-17-37(45(58)59)51-43(56)40(48)52-42(39)55/h18-27,29,36-37,39-40H,7-17,28,48H2,1-6H3,(H,49,60)(H,50,54)(H,51,56)(H,52,55)(H,58,59). The molecule has 0 aromatic heterocycles. The van der Waals surface area contributed by atoms with Crippen LogP contribution in [0, 0.1) is 0 Å². The van der Waals surface area contributed by atoms with Crippen LogP contribution in [0.3, 0.4) is 0 Å². The van der Waals surface area contributed by atoms with Crippen LogP contribution in [0.1, 0.15) is 119 Å². The summed E-state index contributed by atoms with van der Waals surface area (Å²) in [7, 11) is 2.96. The lowest BCUT2D eigenvalue weighted by atomic mass is 9.96. The molecule has 0 fully saturated rings. The van der Waals surface area contributed by atoms with Crippen molar-refractivity contribution in [3.05, 3.63) is 89.0 Å². The van der Waals surface area contributed by atoms with Gasteiger partial charge in [0.25, 0.3) is 11.8 Å². The van der Waals surface area contributed by atoms with Crippen molar-refractivity contribution in [1.82, 2.24) is 26.2 Å². The number of nitrogens with one attached hydrogen (secondary N) is 4. The van der Waals surface area contributed by atoms with Gasteiger partial charge >= 0.3 is 12.1 Å². The molecule has 4 unspecified atom stereocenters. The summed E-state index contributed by atoms with van der Waals surface area (Å²) in [6.45, 7) is 7.70. The zero-order chi connectivity index (χ0) is 45.4. The molecular formula is C47H64N6O9. The van der Waals surface area contributed by atoms with Gasteiger partial charge in [0.15, 0.2) is 6.17 Å². The summed E-state index contributed by atoms with van der Waals surface area (Å²) in [6, 6.07) is 16.9. The molecular weight excluding hydrogens is 793 g/mol. The maximum atomic E-state index is 14.7. The number of carboxylic acid groups (broad SMARTS) is 1. The Morgan fingerprint density at radius 3 is 2.21 bits per heavy atom. The van der Waals surface area contributed by atoms with Gasteiger partial charge in [0.05, 0.1) is 7.11 Å². The Labute approximate surface area is 364 Å². The predicted octanol–water partition coefficient (Wildman–Crippen LogP) is 5.78. The zero-order valence-electron chi connectivity index (χ0n) is 36.9. The lowest BCUT2D eigenvalue weighted by Gasteiger charge is -2.32. The molecule has 5 amide bonds. The summed E-state index contributed by atoms with van der Waals surface area (Å²) in [6.07, 6.45) is 4.54. The Hall–Kier alpha value is -5.96. The van der Waals surface area contributed by atoms with Crippen LogP contribution in [0.2, 0.25) is 0 Å². The Balaban J connectivity index is 1.63. The molecule has 2 bridgehead atoms. The first-order valence-electron chi connectivity index (χ1n) is 21.5. The quantitative estimate of drug-likeness (QED) is 0.101. The fraction of sp³-hybridized carbons (Fsp3) is 0.489. The van der Waals surface area contributed by atoms with Gasteiger partial charge in [0.1, 0.15) is 29.5 Å². The monoisotopic (exact) mass is 856 g/mol. The number of hydrogen-bond donors (Lipinski definition) is 6. The van der Waals surface area contributed by atoms with E-state index in [1.165, 1.54) is 24.6 Å². The van der Waals surface area contributed by atoms with Crippen molar-refractivity contribution in [1.29, 1.82) is 0 Å². The van der Waals surface area contributed by atoms with Gasteiger partial charge in [-0.1, -0.05) is 68.7 Å². The second kappa shape index (κ2) is 23.3. The molecule has 15 heteroatoms. The summed E-state index contributed by atoms with van der Waals surface area (Å²) >= 11 is 0. The van der Waals surface area contributed by atoms with E-state index in [0.717, 1.165) is 36.0 Å². The highest BCUT2D eigenvalue weighted by atomic mass is 16.6. The molecule has 3 aromatic rings. The molecule has 7 N–H and O–H groups in total. The lowest BCUT2D eigenvalue weighted by Crippen LogP contribution is -2.58. The van der Waals surface area contributed by atoms with Crippen LogP contribution in [0.15, 0.2) is 66.7 Å². The van der Waals surface area contributed by atoms with Gasteiger partial charge in [0, 0.05) is 19.2 Å². The van der Waals surface area contributed by atoms with Crippen LogP contribution in [-0.2, 0) is 36.8 Å². The Kier molecular flexibility index (Phi) is 18.3. The average molecular weight is 857 g/mol. The molecule has 1 aliphatic heterocycles. The second-order valence-corrected chi connectivity index (χ2v) is 16.7. The number of aliphatic carboxylic acids is 1. The Morgan fingerprint density at radius 2 is 1.58 bits per heavy atom. The van der Waals surface area contributed by atoms with Crippen LogP contribution < -0.4 is 31.7 Å². The van der Waals surface area contributed by atoms with Crippen molar-refractivity contribution in [3.8, 4) is 16.9 Å². The van der Waals surface area contributed by atoms with E-state index >= 15 is 0 Å². The topological polar surface area (TPSA) is 218 Å². The first kappa shape index (κ1) is 48.7. The zero-order valence-corrected chi connectivity index (χ0v) is 36.9. The first-order valence-corrected chi connectivity index (χ1v) is 21.5. The van der Waals surface area contributed by atoms with Gasteiger partial charge in [-0.05, 0) is 124 Å². The Morgan fingerprint density at radius 1 is 0.903 bits per heavy atom. The number of nitrogens with zero attached hydrogens (tertiary/aromatic N) is 1. The van der Waals surface area contributed by atoms with Crippen molar-refractivity contribution in [2.45, 2.75) is 128 Å². The van der Waals surface area contributed by atoms with Gasteiger partial charge < -0.3 is 46.5 Å². The number of hydrogen-bond acceptors (Lipinski definition) is 9. The van der Waals surface area contributed by atoms with Crippen LogP contribution in [0.4, 0.5) is 4.79 Å². The smallest absolute Gasteiger partial charge is 0.407 e. The molecule has 1 heterocycles. The van der Waals surface area contributed by atoms with Crippen molar-refractivity contribution in [2.24, 2.45) is 5.73 Å². The molecule has 0 spiro atoms. The molecule has 1 aliphatic rings. The SMILES string of the molecule is CCCCc1ccc(-c2ccc(C(=O)NC(CCCCNC(=O)OC(C)(C)C)C(=O)N(C)C3C(=O)NC(N)C(=O)NC(C(=O)O)CCCCCc4cc3ccc4OC)cc2)cc1. The fourth-order valence-electron chi connectivity index (χ4n) is 7.28. The fourth-order valence-corrected chi connectivity index (χ4v) is 7.28. The van der Waals surface area contributed by atoms with Crippen molar-refractivity contribution in [3.63, 3.8) is 0 Å². The minimum absolute atomic E-state index is 0.147. The summed E-state index contributed by atoms with van der Waals surface area (Å²) in [5, 5.41) is 20.3. The highest BCUT2D eigenvalue weighted by Gasteiger charge is 2.36. The summed E-state index contributed by atoms with van der Waals surface area (Å²) in [5.41, 5.74) is 10.1. The van der Waals surface area contributed by atoms with Crippen LogP contribution in [0.25, 0.3) is 11.1 Å². The maximum Gasteiger partial charge on any atom is 0.407 e. The predicted molar refractivity (Wildman–Crippen MR) is 236 cm³/mol. The largest absolute Gasteiger partial charge is 0.496 e. The van der Waals surface area contributed by atoms with Gasteiger partial charge in [-0.2, -0.15) is 0 Å². The molecule has 0 saturated heterocycles. The molecule has 4 atom stereocenters. The minimum atomic E-state index is -1.65. The van der Waals surface area contributed by atoms with E-state index in [1.54, 1.807) is 51.1 Å². The molecule has 4 rings (SSSR count). The molecule has 15 nitrogen and oxygen atoms in total. The summed E-state index contributed by atoms with van der Waals surface area (Å²) < 4.78 is 11.0. The molecule has 3 aromatic carbocycles. The number of aryl methyl sites for hydroxylation is 2. The van der Waals surface area contributed by atoms with Crippen LogP contribution in [-0.4, -0.2) is 90.3 Å². The van der Waals surface area contributed by atoms with Gasteiger partial charge in [-0.3, -0.25) is 19.2 Å². The van der Waals surface area contributed by atoms with Crippen molar-refractivity contribution >= 4 is 35.7 Å². The summed E-state index contributed by atoms with van der Waals surface area (Å²) in [5.74, 6) is -3.46. The van der Waals surface area contributed by atoms with Gasteiger partial charge in [0.2, 0.25) is 11.8 Å². The van der Waals surface area contributed by atoms with E-state index in [1.807, 2.05) is 12.1 Å². The van der Waals surface area contributed by atoms with E-state index in [2.05, 4.69) is 52.5 Å². The number of amides is 5. The Bertz CT molecular complexity index is 2000. The van der Waals surface area contributed by atoms with E-state index < -0.39 is 65.6 Å². The van der Waals surface area contributed by atoms with E-state index in [9.17, 15) is 33.9 Å².